The quantitative estimate of drug-likeness (QED) is 0.813. The van der Waals surface area contributed by atoms with Gasteiger partial charge in [-0.3, -0.25) is 0 Å². The van der Waals surface area contributed by atoms with E-state index in [9.17, 15) is 8.42 Å². The molecule has 0 saturated carbocycles. The SMILES string of the molecule is COCC1(CNS(=O)(=O)c2nc(C)c(C)s2)CCNCC1. The maximum atomic E-state index is 12.4. The van der Waals surface area contributed by atoms with Crippen LogP contribution in [-0.2, 0) is 14.8 Å². The summed E-state index contributed by atoms with van der Waals surface area (Å²) in [6, 6.07) is 0. The summed E-state index contributed by atoms with van der Waals surface area (Å²) in [7, 11) is -1.88. The fraction of sp³-hybridized carbons (Fsp3) is 0.769. The van der Waals surface area contributed by atoms with Gasteiger partial charge in [0.15, 0.2) is 0 Å². The number of sulfonamides is 1. The molecular weight excluding hydrogens is 310 g/mol. The van der Waals surface area contributed by atoms with E-state index in [1.54, 1.807) is 7.11 Å². The highest BCUT2D eigenvalue weighted by Gasteiger charge is 2.34. The lowest BCUT2D eigenvalue weighted by atomic mass is 9.80. The van der Waals surface area contributed by atoms with Crippen LogP contribution in [0.1, 0.15) is 23.4 Å². The molecule has 0 unspecified atom stereocenters. The van der Waals surface area contributed by atoms with Crippen LogP contribution in [0.5, 0.6) is 0 Å². The summed E-state index contributed by atoms with van der Waals surface area (Å²) >= 11 is 1.22. The number of piperidine rings is 1. The first-order valence-electron chi connectivity index (χ1n) is 7.02. The van der Waals surface area contributed by atoms with Crippen LogP contribution in [0, 0.1) is 19.3 Å². The van der Waals surface area contributed by atoms with Crippen molar-refractivity contribution in [1.82, 2.24) is 15.0 Å². The maximum absolute atomic E-state index is 12.4. The lowest BCUT2D eigenvalue weighted by Crippen LogP contribution is -2.47. The Labute approximate surface area is 130 Å². The third-order valence-electron chi connectivity index (χ3n) is 3.99. The van der Waals surface area contributed by atoms with Gasteiger partial charge in [-0.1, -0.05) is 0 Å². The van der Waals surface area contributed by atoms with E-state index in [1.165, 1.54) is 11.3 Å². The van der Waals surface area contributed by atoms with Gasteiger partial charge in [0.25, 0.3) is 10.0 Å². The van der Waals surface area contributed by atoms with Crippen molar-refractivity contribution in [2.24, 2.45) is 5.41 Å². The Balaban J connectivity index is 2.09. The molecule has 0 spiro atoms. The Bertz CT molecular complexity index is 552. The second-order valence-corrected chi connectivity index (χ2v) is 8.77. The minimum absolute atomic E-state index is 0.131. The number of hydrogen-bond acceptors (Lipinski definition) is 6. The summed E-state index contributed by atoms with van der Waals surface area (Å²) in [5.74, 6) is 0. The van der Waals surface area contributed by atoms with E-state index in [0.29, 0.717) is 13.2 Å². The van der Waals surface area contributed by atoms with E-state index in [1.807, 2.05) is 13.8 Å². The van der Waals surface area contributed by atoms with Crippen molar-refractivity contribution in [3.63, 3.8) is 0 Å². The van der Waals surface area contributed by atoms with Crippen LogP contribution in [0.15, 0.2) is 4.34 Å². The van der Waals surface area contributed by atoms with Crippen LogP contribution in [0.25, 0.3) is 0 Å². The molecule has 2 heterocycles. The summed E-state index contributed by atoms with van der Waals surface area (Å²) in [6.07, 6.45) is 1.80. The van der Waals surface area contributed by atoms with Crippen LogP contribution in [-0.4, -0.2) is 46.8 Å². The Kier molecular flexibility index (Phi) is 5.37. The summed E-state index contributed by atoms with van der Waals surface area (Å²) in [5.41, 5.74) is 0.642. The Morgan fingerprint density at radius 1 is 1.38 bits per heavy atom. The molecule has 0 atom stereocenters. The van der Waals surface area contributed by atoms with Crippen molar-refractivity contribution < 1.29 is 13.2 Å². The van der Waals surface area contributed by atoms with Crippen molar-refractivity contribution in [3.8, 4) is 0 Å². The maximum Gasteiger partial charge on any atom is 0.267 e. The first kappa shape index (κ1) is 16.8. The molecule has 0 aromatic carbocycles. The predicted octanol–water partition coefficient (Wildman–Crippen LogP) is 1.05. The summed E-state index contributed by atoms with van der Waals surface area (Å²) in [5, 5.41) is 3.29. The second-order valence-electron chi connectivity index (χ2n) is 5.63. The zero-order valence-corrected chi connectivity index (χ0v) is 14.4. The molecule has 0 bridgehead atoms. The van der Waals surface area contributed by atoms with E-state index in [4.69, 9.17) is 4.74 Å². The fourth-order valence-corrected chi connectivity index (χ4v) is 5.01. The molecule has 1 fully saturated rings. The number of hydrogen-bond donors (Lipinski definition) is 2. The van der Waals surface area contributed by atoms with Gasteiger partial charge in [0, 0.05) is 23.9 Å². The topological polar surface area (TPSA) is 80.3 Å². The standard InChI is InChI=1S/C13H23N3O3S2/c1-10-11(2)20-12(16-10)21(17,18)15-8-13(9-19-3)4-6-14-7-5-13/h14-15H,4-9H2,1-3H3. The van der Waals surface area contributed by atoms with Crippen LogP contribution in [0.2, 0.25) is 0 Å². The van der Waals surface area contributed by atoms with Crippen molar-refractivity contribution in [2.75, 3.05) is 33.4 Å². The lowest BCUT2D eigenvalue weighted by molar-refractivity contribution is 0.0577. The number of nitrogens with zero attached hydrogens (tertiary/aromatic N) is 1. The van der Waals surface area contributed by atoms with E-state index in [0.717, 1.165) is 36.5 Å². The van der Waals surface area contributed by atoms with Crippen LogP contribution in [0.4, 0.5) is 0 Å². The molecule has 8 heteroatoms. The van der Waals surface area contributed by atoms with Crippen molar-refractivity contribution in [2.45, 2.75) is 31.0 Å². The third-order valence-corrected chi connectivity index (χ3v) is 6.84. The molecule has 1 aromatic rings. The zero-order valence-electron chi connectivity index (χ0n) is 12.7. The molecular formula is C13H23N3O3S2. The van der Waals surface area contributed by atoms with E-state index >= 15 is 0 Å². The Morgan fingerprint density at radius 2 is 2.05 bits per heavy atom. The highest BCUT2D eigenvalue weighted by atomic mass is 32.2. The number of nitrogens with one attached hydrogen (secondary N) is 2. The number of ether oxygens (including phenoxy) is 1. The van der Waals surface area contributed by atoms with Crippen LogP contribution in [0.3, 0.4) is 0 Å². The average molecular weight is 333 g/mol. The molecule has 6 nitrogen and oxygen atoms in total. The van der Waals surface area contributed by atoms with Crippen LogP contribution >= 0.6 is 11.3 Å². The van der Waals surface area contributed by atoms with E-state index in [2.05, 4.69) is 15.0 Å². The predicted molar refractivity (Wildman–Crippen MR) is 83.2 cm³/mol. The van der Waals surface area contributed by atoms with Gasteiger partial charge in [0.1, 0.15) is 0 Å². The summed E-state index contributed by atoms with van der Waals surface area (Å²) in [4.78, 5) is 5.07. The first-order chi connectivity index (χ1) is 9.88. The fourth-order valence-electron chi connectivity index (χ4n) is 2.50. The molecule has 120 valence electrons. The van der Waals surface area contributed by atoms with Gasteiger partial charge in [-0.05, 0) is 39.8 Å². The average Bonchev–Trinajstić information content (AvgIpc) is 2.79. The number of thiazole rings is 1. The molecule has 1 aromatic heterocycles. The van der Waals surface area contributed by atoms with Gasteiger partial charge < -0.3 is 10.1 Å². The third kappa shape index (κ3) is 4.01. The largest absolute Gasteiger partial charge is 0.384 e. The van der Waals surface area contributed by atoms with Crippen molar-refractivity contribution in [1.29, 1.82) is 0 Å². The lowest BCUT2D eigenvalue weighted by Gasteiger charge is -2.36. The molecule has 1 aliphatic heterocycles. The highest BCUT2D eigenvalue weighted by molar-refractivity contribution is 7.91. The van der Waals surface area contributed by atoms with Crippen LogP contribution < -0.4 is 10.0 Å². The normalized spacial score (nSPS) is 18.8. The molecule has 0 aliphatic carbocycles. The first-order valence-corrected chi connectivity index (χ1v) is 9.32. The monoisotopic (exact) mass is 333 g/mol. The van der Waals surface area contributed by atoms with Crippen molar-refractivity contribution >= 4 is 21.4 Å². The molecule has 1 saturated heterocycles. The van der Waals surface area contributed by atoms with E-state index in [-0.39, 0.29) is 9.75 Å². The Morgan fingerprint density at radius 3 is 2.57 bits per heavy atom. The number of rotatable bonds is 6. The summed E-state index contributed by atoms with van der Waals surface area (Å²) in [6.45, 7) is 6.44. The summed E-state index contributed by atoms with van der Waals surface area (Å²) < 4.78 is 32.9. The Hall–Kier alpha value is -0.540. The molecule has 0 radical (unpaired) electrons. The van der Waals surface area contributed by atoms with E-state index < -0.39 is 10.0 Å². The number of aromatic nitrogens is 1. The smallest absolute Gasteiger partial charge is 0.267 e. The molecule has 2 rings (SSSR count). The van der Waals surface area contributed by atoms with Gasteiger partial charge >= 0.3 is 0 Å². The zero-order chi connectivity index (χ0) is 15.5. The number of methoxy groups -OCH3 is 1. The van der Waals surface area contributed by atoms with Gasteiger partial charge in [0.2, 0.25) is 4.34 Å². The van der Waals surface area contributed by atoms with Gasteiger partial charge in [-0.15, -0.1) is 11.3 Å². The minimum atomic E-state index is -3.54. The van der Waals surface area contributed by atoms with Crippen molar-refractivity contribution in [3.05, 3.63) is 10.6 Å². The van der Waals surface area contributed by atoms with Gasteiger partial charge in [-0.2, -0.15) is 0 Å². The molecule has 2 N–H and O–H groups in total. The molecule has 0 amide bonds. The number of aryl methyl sites for hydroxylation is 2. The molecule has 21 heavy (non-hydrogen) atoms. The van der Waals surface area contributed by atoms with Gasteiger partial charge in [-0.25, -0.2) is 18.1 Å². The minimum Gasteiger partial charge on any atom is -0.384 e. The molecule has 1 aliphatic rings. The second kappa shape index (κ2) is 6.70. The van der Waals surface area contributed by atoms with Gasteiger partial charge in [0.05, 0.1) is 12.3 Å². The highest BCUT2D eigenvalue weighted by Crippen LogP contribution is 2.29.